The second-order valence-electron chi connectivity index (χ2n) is 1.17. The van der Waals surface area contributed by atoms with Crippen LogP contribution in [0.1, 0.15) is 0 Å². The van der Waals surface area contributed by atoms with Crippen LogP contribution >= 0.6 is 11.6 Å². The molecule has 0 fully saturated rings. The van der Waals surface area contributed by atoms with E-state index in [9.17, 15) is 0 Å². The molecule has 0 atom stereocenters. The summed E-state index contributed by atoms with van der Waals surface area (Å²) in [6.07, 6.45) is 3.29. The summed E-state index contributed by atoms with van der Waals surface area (Å²) in [5.74, 6) is 0. The Hall–Kier alpha value is 0.440. The summed E-state index contributed by atoms with van der Waals surface area (Å²) < 4.78 is 0. The van der Waals surface area contributed by atoms with Gasteiger partial charge in [-0.05, 0) is 12.1 Å². The molecule has 0 N–H and O–H groups in total. The number of nitrogens with zero attached hydrogens (tertiary/aromatic N) is 1. The van der Waals surface area contributed by atoms with Crippen molar-refractivity contribution in [3.05, 3.63) is 29.5 Å². The van der Waals surface area contributed by atoms with E-state index in [1.807, 2.05) is 0 Å². The molecule has 1 nitrogen and oxygen atoms in total. The first-order chi connectivity index (χ1) is 3.39. The minimum atomic E-state index is 0. The van der Waals surface area contributed by atoms with Gasteiger partial charge in [0, 0.05) is 42.0 Å². The standard InChI is InChI=1S/C5H4ClN.Na/c6-5-2-1-3-7-4-5;/h1-4H;. The van der Waals surface area contributed by atoms with E-state index >= 15 is 0 Å². The smallest absolute Gasteiger partial charge is 0.0589 e. The van der Waals surface area contributed by atoms with Gasteiger partial charge in [-0.15, -0.1) is 0 Å². The molecule has 0 saturated heterocycles. The van der Waals surface area contributed by atoms with E-state index in [1.54, 1.807) is 24.5 Å². The Morgan fingerprint density at radius 3 is 2.50 bits per heavy atom. The van der Waals surface area contributed by atoms with Gasteiger partial charge in [-0.1, -0.05) is 11.6 Å². The van der Waals surface area contributed by atoms with Crippen molar-refractivity contribution in [2.45, 2.75) is 0 Å². The van der Waals surface area contributed by atoms with Crippen LogP contribution in [-0.4, -0.2) is 34.5 Å². The molecule has 0 bridgehead atoms. The summed E-state index contributed by atoms with van der Waals surface area (Å²) >= 11 is 5.48. The van der Waals surface area contributed by atoms with Gasteiger partial charge in [0.1, 0.15) is 0 Å². The van der Waals surface area contributed by atoms with Crippen LogP contribution in [0.25, 0.3) is 0 Å². The summed E-state index contributed by atoms with van der Waals surface area (Å²) in [6.45, 7) is 0. The van der Waals surface area contributed by atoms with E-state index in [2.05, 4.69) is 4.98 Å². The zero-order valence-electron chi connectivity index (χ0n) is 4.63. The summed E-state index contributed by atoms with van der Waals surface area (Å²) in [6, 6.07) is 3.58. The van der Waals surface area contributed by atoms with E-state index in [1.165, 1.54) is 0 Å². The maximum Gasteiger partial charge on any atom is 0.0589 e. The minimum Gasteiger partial charge on any atom is -0.263 e. The van der Waals surface area contributed by atoms with Gasteiger partial charge >= 0.3 is 0 Å². The first-order valence-corrected chi connectivity index (χ1v) is 2.33. The fraction of sp³-hybridized carbons (Fsp3) is 0. The molecule has 3 heteroatoms. The quantitative estimate of drug-likeness (QED) is 0.491. The van der Waals surface area contributed by atoms with Crippen LogP contribution in [0.2, 0.25) is 5.02 Å². The van der Waals surface area contributed by atoms with Crippen LogP contribution in [0.15, 0.2) is 24.5 Å². The zero-order valence-corrected chi connectivity index (χ0v) is 7.39. The van der Waals surface area contributed by atoms with Gasteiger partial charge in [0.15, 0.2) is 0 Å². The SMILES string of the molecule is Clc1cccnc1.[Na]. The molecule has 1 rings (SSSR count). The zero-order chi connectivity index (χ0) is 5.11. The first-order valence-electron chi connectivity index (χ1n) is 1.95. The third-order valence-electron chi connectivity index (χ3n) is 0.625. The molecule has 0 saturated carbocycles. The number of pyridine rings is 1. The maximum atomic E-state index is 5.48. The van der Waals surface area contributed by atoms with Crippen LogP contribution in [0.3, 0.4) is 0 Å². The number of halogens is 1. The molecule has 8 heavy (non-hydrogen) atoms. The number of hydrogen-bond donors (Lipinski definition) is 0. The van der Waals surface area contributed by atoms with Gasteiger partial charge in [0.05, 0.1) is 5.02 Å². The van der Waals surface area contributed by atoms with Gasteiger partial charge in [-0.3, -0.25) is 4.98 Å². The summed E-state index contributed by atoms with van der Waals surface area (Å²) in [4.78, 5) is 3.75. The predicted molar refractivity (Wildman–Crippen MR) is 35.0 cm³/mol. The monoisotopic (exact) mass is 136 g/mol. The van der Waals surface area contributed by atoms with Crippen molar-refractivity contribution in [1.82, 2.24) is 4.98 Å². The number of rotatable bonds is 0. The van der Waals surface area contributed by atoms with Crippen molar-refractivity contribution in [1.29, 1.82) is 0 Å². The van der Waals surface area contributed by atoms with Crippen molar-refractivity contribution in [2.75, 3.05) is 0 Å². The van der Waals surface area contributed by atoms with E-state index < -0.39 is 0 Å². The van der Waals surface area contributed by atoms with Crippen molar-refractivity contribution in [3.63, 3.8) is 0 Å². The summed E-state index contributed by atoms with van der Waals surface area (Å²) in [7, 11) is 0. The van der Waals surface area contributed by atoms with Crippen LogP contribution < -0.4 is 0 Å². The Kier molecular flexibility index (Phi) is 4.57. The number of aromatic nitrogens is 1. The van der Waals surface area contributed by atoms with Crippen LogP contribution in [0.4, 0.5) is 0 Å². The maximum absolute atomic E-state index is 5.48. The molecular weight excluding hydrogens is 133 g/mol. The Bertz CT molecular complexity index is 142. The molecule has 1 aromatic heterocycles. The Labute approximate surface area is 75.4 Å². The van der Waals surface area contributed by atoms with Crippen LogP contribution in [-0.2, 0) is 0 Å². The van der Waals surface area contributed by atoms with E-state index in [0.29, 0.717) is 5.02 Å². The number of hydrogen-bond acceptors (Lipinski definition) is 1. The molecule has 0 aromatic carbocycles. The Morgan fingerprint density at radius 1 is 1.50 bits per heavy atom. The molecule has 37 valence electrons. The fourth-order valence-electron chi connectivity index (χ4n) is 0.342. The van der Waals surface area contributed by atoms with Crippen molar-refractivity contribution in [2.24, 2.45) is 0 Å². The molecule has 0 aliphatic rings. The molecule has 0 unspecified atom stereocenters. The van der Waals surface area contributed by atoms with Crippen LogP contribution in [0, 0.1) is 0 Å². The molecule has 0 amide bonds. The molecule has 0 spiro atoms. The average molecular weight is 137 g/mol. The van der Waals surface area contributed by atoms with E-state index in [-0.39, 0.29) is 29.6 Å². The van der Waals surface area contributed by atoms with Crippen molar-refractivity contribution >= 4 is 41.2 Å². The Balaban J connectivity index is 0.000000490. The van der Waals surface area contributed by atoms with Gasteiger partial charge in [-0.25, -0.2) is 0 Å². The summed E-state index contributed by atoms with van der Waals surface area (Å²) in [5, 5.41) is 0.683. The third-order valence-corrected chi connectivity index (χ3v) is 0.849. The van der Waals surface area contributed by atoms with E-state index in [4.69, 9.17) is 11.6 Å². The second kappa shape index (κ2) is 4.33. The molecule has 1 radical (unpaired) electrons. The van der Waals surface area contributed by atoms with E-state index in [0.717, 1.165) is 0 Å². The Morgan fingerprint density at radius 2 is 2.25 bits per heavy atom. The first kappa shape index (κ1) is 8.44. The molecule has 0 aliphatic heterocycles. The summed E-state index contributed by atoms with van der Waals surface area (Å²) in [5.41, 5.74) is 0. The molecule has 1 aromatic rings. The second-order valence-corrected chi connectivity index (χ2v) is 1.61. The fourth-order valence-corrected chi connectivity index (χ4v) is 0.471. The van der Waals surface area contributed by atoms with Gasteiger partial charge in [-0.2, -0.15) is 0 Å². The third kappa shape index (κ3) is 2.68. The van der Waals surface area contributed by atoms with Gasteiger partial charge in [0.2, 0.25) is 0 Å². The molecule has 0 aliphatic carbocycles. The largest absolute Gasteiger partial charge is 0.263 e. The van der Waals surface area contributed by atoms with Crippen molar-refractivity contribution < 1.29 is 0 Å². The van der Waals surface area contributed by atoms with Crippen molar-refractivity contribution in [3.8, 4) is 0 Å². The minimum absolute atomic E-state index is 0. The predicted octanol–water partition coefficient (Wildman–Crippen LogP) is 1.35. The topological polar surface area (TPSA) is 12.9 Å². The average Bonchev–Trinajstić information content (AvgIpc) is 1.69. The molecule has 1 heterocycles. The van der Waals surface area contributed by atoms with Crippen LogP contribution in [0.5, 0.6) is 0 Å². The molecular formula is C5H4ClNNa. The normalized spacial score (nSPS) is 7.62. The van der Waals surface area contributed by atoms with Gasteiger partial charge < -0.3 is 0 Å². The van der Waals surface area contributed by atoms with Gasteiger partial charge in [0.25, 0.3) is 0 Å².